The second-order valence-corrected chi connectivity index (χ2v) is 4.34. The topological polar surface area (TPSA) is 38.3 Å². The van der Waals surface area contributed by atoms with E-state index in [9.17, 15) is 4.79 Å². The van der Waals surface area contributed by atoms with Crippen LogP contribution in [0.2, 0.25) is 0 Å². The molecule has 3 nitrogen and oxygen atoms in total. The van der Waals surface area contributed by atoms with Gasteiger partial charge in [-0.2, -0.15) is 11.8 Å². The molecule has 0 saturated carbocycles. The van der Waals surface area contributed by atoms with Crippen LogP contribution in [0.1, 0.15) is 32.6 Å². The van der Waals surface area contributed by atoms with Crippen LogP contribution >= 0.6 is 11.8 Å². The summed E-state index contributed by atoms with van der Waals surface area (Å²) in [6.45, 7) is 4.30. The van der Waals surface area contributed by atoms with Gasteiger partial charge in [-0.15, -0.1) is 0 Å². The van der Waals surface area contributed by atoms with Gasteiger partial charge in [-0.25, -0.2) is 0 Å². The average Bonchev–Trinajstić information content (AvgIpc) is 2.22. The summed E-state index contributed by atoms with van der Waals surface area (Å²) in [5.74, 6) is 1.16. The maximum absolute atomic E-state index is 11.0. The summed E-state index contributed by atoms with van der Waals surface area (Å²) >= 11 is 1.89. The minimum atomic E-state index is -0.0818. The van der Waals surface area contributed by atoms with Crippen LogP contribution in [-0.4, -0.2) is 37.7 Å². The lowest BCUT2D eigenvalue weighted by atomic mass is 10.3. The van der Waals surface area contributed by atoms with Gasteiger partial charge in [0.05, 0.1) is 6.61 Å². The Hall–Kier alpha value is -0.220. The number of hydrogen-bond donors (Lipinski definition) is 1. The number of carbonyl (C=O) groups is 1. The largest absolute Gasteiger partial charge is 0.466 e. The second kappa shape index (κ2) is 11.9. The smallest absolute Gasteiger partial charge is 0.305 e. The maximum Gasteiger partial charge on any atom is 0.305 e. The average molecular weight is 233 g/mol. The first-order valence-corrected chi connectivity index (χ1v) is 7.06. The van der Waals surface area contributed by atoms with Gasteiger partial charge in [0.25, 0.3) is 0 Å². The van der Waals surface area contributed by atoms with Crippen molar-refractivity contribution in [2.45, 2.75) is 32.6 Å². The third-order valence-electron chi connectivity index (χ3n) is 1.99. The Kier molecular flexibility index (Phi) is 11.7. The minimum Gasteiger partial charge on any atom is -0.466 e. The number of unbranched alkanes of at least 4 members (excludes halogenated alkanes) is 1. The van der Waals surface area contributed by atoms with Crippen molar-refractivity contribution in [1.82, 2.24) is 5.32 Å². The summed E-state index contributed by atoms with van der Waals surface area (Å²) in [5, 5.41) is 3.32. The van der Waals surface area contributed by atoms with Crippen molar-refractivity contribution >= 4 is 17.7 Å². The summed E-state index contributed by atoms with van der Waals surface area (Å²) in [6.07, 6.45) is 6.03. The van der Waals surface area contributed by atoms with Crippen LogP contribution < -0.4 is 5.32 Å². The standard InChI is InChI=1S/C11H23NO2S/c1-3-14-11(13)7-6-9-12-8-4-5-10-15-2/h12H,3-10H2,1-2H3. The monoisotopic (exact) mass is 233 g/mol. The van der Waals surface area contributed by atoms with Gasteiger partial charge < -0.3 is 10.1 Å². The van der Waals surface area contributed by atoms with Crippen molar-refractivity contribution in [1.29, 1.82) is 0 Å². The molecule has 0 saturated heterocycles. The van der Waals surface area contributed by atoms with E-state index in [4.69, 9.17) is 4.74 Å². The molecular weight excluding hydrogens is 210 g/mol. The molecule has 0 amide bonds. The number of hydrogen-bond acceptors (Lipinski definition) is 4. The number of rotatable bonds is 10. The highest BCUT2D eigenvalue weighted by Gasteiger charge is 1.99. The van der Waals surface area contributed by atoms with Crippen molar-refractivity contribution in [3.8, 4) is 0 Å². The summed E-state index contributed by atoms with van der Waals surface area (Å²) in [6, 6.07) is 0. The quantitative estimate of drug-likeness (QED) is 0.463. The predicted octanol–water partition coefficient (Wildman–Crippen LogP) is 2.06. The molecule has 0 aromatic rings. The minimum absolute atomic E-state index is 0.0818. The van der Waals surface area contributed by atoms with Crippen LogP contribution in [0.3, 0.4) is 0 Å². The number of nitrogens with one attached hydrogen (secondary N) is 1. The molecule has 0 atom stereocenters. The molecule has 0 radical (unpaired) electrons. The van der Waals surface area contributed by atoms with Gasteiger partial charge >= 0.3 is 5.97 Å². The Morgan fingerprint density at radius 3 is 2.67 bits per heavy atom. The zero-order chi connectivity index (χ0) is 11.4. The molecule has 4 heteroatoms. The molecule has 0 fully saturated rings. The summed E-state index contributed by atoms with van der Waals surface area (Å²) in [5.41, 5.74) is 0. The Balaban J connectivity index is 3.01. The van der Waals surface area contributed by atoms with Gasteiger partial charge in [-0.1, -0.05) is 0 Å². The van der Waals surface area contributed by atoms with E-state index in [1.165, 1.54) is 18.6 Å². The van der Waals surface area contributed by atoms with Crippen LogP contribution in [0.25, 0.3) is 0 Å². The van der Waals surface area contributed by atoms with E-state index in [2.05, 4.69) is 11.6 Å². The fraction of sp³-hybridized carbons (Fsp3) is 0.909. The summed E-state index contributed by atoms with van der Waals surface area (Å²) < 4.78 is 4.83. The van der Waals surface area contributed by atoms with Crippen molar-refractivity contribution in [2.75, 3.05) is 31.7 Å². The lowest BCUT2D eigenvalue weighted by Gasteiger charge is -2.04. The van der Waals surface area contributed by atoms with Crippen molar-refractivity contribution in [3.63, 3.8) is 0 Å². The molecule has 0 aliphatic heterocycles. The van der Waals surface area contributed by atoms with E-state index in [0.717, 1.165) is 19.5 Å². The fourth-order valence-corrected chi connectivity index (χ4v) is 1.71. The highest BCUT2D eigenvalue weighted by atomic mass is 32.2. The van der Waals surface area contributed by atoms with Gasteiger partial charge in [-0.05, 0) is 51.3 Å². The molecular formula is C11H23NO2S. The highest BCUT2D eigenvalue weighted by Crippen LogP contribution is 1.98. The molecule has 0 spiro atoms. The third kappa shape index (κ3) is 11.7. The highest BCUT2D eigenvalue weighted by molar-refractivity contribution is 7.98. The molecule has 0 unspecified atom stereocenters. The van der Waals surface area contributed by atoms with Crippen molar-refractivity contribution < 1.29 is 9.53 Å². The van der Waals surface area contributed by atoms with E-state index in [0.29, 0.717) is 13.0 Å². The molecule has 0 aromatic carbocycles. The van der Waals surface area contributed by atoms with Crippen LogP contribution in [0.5, 0.6) is 0 Å². The Labute approximate surface area is 97.3 Å². The molecule has 0 aromatic heterocycles. The molecule has 0 heterocycles. The van der Waals surface area contributed by atoms with E-state index in [1.54, 1.807) is 0 Å². The Morgan fingerprint density at radius 2 is 2.00 bits per heavy atom. The Morgan fingerprint density at radius 1 is 1.27 bits per heavy atom. The molecule has 0 aliphatic carbocycles. The van der Waals surface area contributed by atoms with E-state index in [-0.39, 0.29) is 5.97 Å². The number of carbonyl (C=O) groups excluding carboxylic acids is 1. The maximum atomic E-state index is 11.0. The van der Waals surface area contributed by atoms with Gasteiger partial charge in [0.1, 0.15) is 0 Å². The number of ether oxygens (including phenoxy) is 1. The van der Waals surface area contributed by atoms with Gasteiger partial charge in [-0.3, -0.25) is 4.79 Å². The zero-order valence-corrected chi connectivity index (χ0v) is 10.7. The lowest BCUT2D eigenvalue weighted by Crippen LogP contribution is -2.18. The first kappa shape index (κ1) is 14.8. The van der Waals surface area contributed by atoms with Crippen molar-refractivity contribution in [3.05, 3.63) is 0 Å². The van der Waals surface area contributed by atoms with Crippen LogP contribution in [0, 0.1) is 0 Å². The second-order valence-electron chi connectivity index (χ2n) is 3.36. The van der Waals surface area contributed by atoms with E-state index in [1.807, 2.05) is 18.7 Å². The third-order valence-corrected chi connectivity index (χ3v) is 2.69. The molecule has 0 rings (SSSR count). The number of esters is 1. The molecule has 90 valence electrons. The first-order chi connectivity index (χ1) is 7.31. The summed E-state index contributed by atoms with van der Waals surface area (Å²) in [7, 11) is 0. The van der Waals surface area contributed by atoms with Gasteiger partial charge in [0.15, 0.2) is 0 Å². The fourth-order valence-electron chi connectivity index (χ4n) is 1.21. The normalized spacial score (nSPS) is 10.3. The molecule has 15 heavy (non-hydrogen) atoms. The zero-order valence-electron chi connectivity index (χ0n) is 9.88. The van der Waals surface area contributed by atoms with E-state index < -0.39 is 0 Å². The SMILES string of the molecule is CCOC(=O)CCCNCCCCSC. The van der Waals surface area contributed by atoms with Crippen LogP contribution in [0.15, 0.2) is 0 Å². The van der Waals surface area contributed by atoms with Crippen LogP contribution in [0.4, 0.5) is 0 Å². The number of thioether (sulfide) groups is 1. The molecule has 0 bridgehead atoms. The summed E-state index contributed by atoms with van der Waals surface area (Å²) in [4.78, 5) is 11.0. The molecule has 1 N–H and O–H groups in total. The lowest BCUT2D eigenvalue weighted by molar-refractivity contribution is -0.143. The van der Waals surface area contributed by atoms with Gasteiger partial charge in [0, 0.05) is 6.42 Å². The first-order valence-electron chi connectivity index (χ1n) is 5.66. The van der Waals surface area contributed by atoms with E-state index >= 15 is 0 Å². The van der Waals surface area contributed by atoms with Gasteiger partial charge in [0.2, 0.25) is 0 Å². The molecule has 0 aliphatic rings. The van der Waals surface area contributed by atoms with Crippen LogP contribution in [-0.2, 0) is 9.53 Å². The Bertz CT molecular complexity index is 154. The van der Waals surface area contributed by atoms with Crippen molar-refractivity contribution in [2.24, 2.45) is 0 Å². The predicted molar refractivity (Wildman–Crippen MR) is 66.4 cm³/mol.